The van der Waals surface area contributed by atoms with E-state index in [9.17, 15) is 9.59 Å². The van der Waals surface area contributed by atoms with Crippen molar-refractivity contribution >= 4 is 17.5 Å². The molecule has 0 saturated heterocycles. The van der Waals surface area contributed by atoms with Crippen LogP contribution in [0, 0.1) is 18.3 Å². The number of aliphatic imine (C=N–C) groups is 1. The van der Waals surface area contributed by atoms with E-state index in [0.29, 0.717) is 17.7 Å². The van der Waals surface area contributed by atoms with Crippen molar-refractivity contribution in [2.24, 2.45) is 16.3 Å². The van der Waals surface area contributed by atoms with Crippen LogP contribution in [0.25, 0.3) is 0 Å². The van der Waals surface area contributed by atoms with Gasteiger partial charge in [0.15, 0.2) is 0 Å². The molecule has 3 aliphatic rings. The van der Waals surface area contributed by atoms with Crippen molar-refractivity contribution in [1.29, 1.82) is 0 Å². The molecule has 0 amide bonds. The third kappa shape index (κ3) is 3.94. The molecule has 2 aliphatic carbocycles. The quantitative estimate of drug-likeness (QED) is 0.655. The summed E-state index contributed by atoms with van der Waals surface area (Å²) in [5.74, 6) is -0.772. The van der Waals surface area contributed by atoms with Gasteiger partial charge in [-0.25, -0.2) is 4.79 Å². The average Bonchev–Trinajstić information content (AvgIpc) is 3.13. The number of benzene rings is 1. The minimum Gasteiger partial charge on any atom is -0.459 e. The highest BCUT2D eigenvalue weighted by Gasteiger charge is 2.47. The normalized spacial score (nSPS) is 26.9. The van der Waals surface area contributed by atoms with Gasteiger partial charge in [0.1, 0.15) is 11.9 Å². The topological polar surface area (TPSA) is 55.7 Å². The Morgan fingerprint density at radius 1 is 1.03 bits per heavy atom. The van der Waals surface area contributed by atoms with Gasteiger partial charge in [0.2, 0.25) is 0 Å². The fraction of sp³-hybridized carbons (Fsp3) is 0.560. The Balaban J connectivity index is 1.78. The van der Waals surface area contributed by atoms with E-state index >= 15 is 0 Å². The standard InChI is InChI=1S/C25H31NO3/c1-15-9-11-17(12-10-15)22-21(24(28)29-18-7-5-6-8-18)16(2)26-19-13-25(3,4)14-20(27)23(19)22/h9-12,18,22-23H,5-8,13-14H2,1-4H3/t22-,23?/m1/s1. The van der Waals surface area contributed by atoms with Crippen LogP contribution in [0.15, 0.2) is 40.5 Å². The minimum absolute atomic E-state index is 0.00663. The lowest BCUT2D eigenvalue weighted by molar-refractivity contribution is -0.144. The molecular weight excluding hydrogens is 362 g/mol. The lowest BCUT2D eigenvalue weighted by atomic mass is 9.63. The van der Waals surface area contributed by atoms with Crippen molar-refractivity contribution in [3.63, 3.8) is 0 Å². The summed E-state index contributed by atoms with van der Waals surface area (Å²) in [4.78, 5) is 31.3. The van der Waals surface area contributed by atoms with E-state index < -0.39 is 0 Å². The number of allylic oxidation sites excluding steroid dienone is 1. The molecule has 1 aromatic carbocycles. The van der Waals surface area contributed by atoms with E-state index in [-0.39, 0.29) is 35.1 Å². The number of nitrogens with zero attached hydrogens (tertiary/aromatic N) is 1. The molecule has 0 spiro atoms. The molecule has 2 atom stereocenters. The molecule has 4 nitrogen and oxygen atoms in total. The van der Waals surface area contributed by atoms with Crippen LogP contribution in [-0.4, -0.2) is 23.6 Å². The van der Waals surface area contributed by atoms with Crippen LogP contribution in [0.5, 0.6) is 0 Å². The zero-order valence-electron chi connectivity index (χ0n) is 18.0. The molecule has 1 heterocycles. The number of Topliss-reactive ketones (excluding diaryl/α,β-unsaturated/α-hetero) is 1. The predicted octanol–water partition coefficient (Wildman–Crippen LogP) is 5.30. The van der Waals surface area contributed by atoms with Gasteiger partial charge >= 0.3 is 5.97 Å². The van der Waals surface area contributed by atoms with E-state index in [2.05, 4.69) is 13.8 Å². The van der Waals surface area contributed by atoms with Gasteiger partial charge in [-0.2, -0.15) is 0 Å². The summed E-state index contributed by atoms with van der Waals surface area (Å²) in [6, 6.07) is 8.19. The lowest BCUT2D eigenvalue weighted by Crippen LogP contribution is -2.44. The monoisotopic (exact) mass is 393 g/mol. The fourth-order valence-corrected chi connectivity index (χ4v) is 5.21. The molecule has 0 N–H and O–H groups in total. The zero-order valence-corrected chi connectivity index (χ0v) is 18.0. The van der Waals surface area contributed by atoms with Gasteiger partial charge in [0.05, 0.1) is 11.5 Å². The van der Waals surface area contributed by atoms with Crippen LogP contribution < -0.4 is 0 Å². The Morgan fingerprint density at radius 3 is 2.34 bits per heavy atom. The van der Waals surface area contributed by atoms with Gasteiger partial charge in [0.25, 0.3) is 0 Å². The van der Waals surface area contributed by atoms with Gasteiger partial charge in [0, 0.05) is 23.7 Å². The number of carbonyl (C=O) groups is 2. The third-order valence-electron chi connectivity index (χ3n) is 6.60. The number of hydrogen-bond donors (Lipinski definition) is 0. The SMILES string of the molecule is CC1=C(C(=O)OC2CCCC2)[C@@H](c2ccc(C)cc2)C2C(=O)CC(C)(C)CC2=N1. The maximum absolute atomic E-state index is 13.3. The average molecular weight is 394 g/mol. The number of carbonyl (C=O) groups excluding carboxylic acids is 2. The molecule has 154 valence electrons. The molecular formula is C25H31NO3. The number of ketones is 1. The second-order valence-corrected chi connectivity index (χ2v) is 9.76. The number of ether oxygens (including phenoxy) is 1. The first-order valence-corrected chi connectivity index (χ1v) is 10.8. The molecule has 1 unspecified atom stereocenters. The molecule has 29 heavy (non-hydrogen) atoms. The molecule has 1 aromatic rings. The Kier molecular flexibility index (Phi) is 5.22. The molecule has 0 aromatic heterocycles. The van der Waals surface area contributed by atoms with Gasteiger partial charge in [-0.3, -0.25) is 9.79 Å². The molecule has 4 rings (SSSR count). The summed E-state index contributed by atoms with van der Waals surface area (Å²) >= 11 is 0. The fourth-order valence-electron chi connectivity index (χ4n) is 5.21. The Labute approximate surface area is 173 Å². The van der Waals surface area contributed by atoms with Gasteiger partial charge in [-0.15, -0.1) is 0 Å². The second kappa shape index (κ2) is 7.55. The van der Waals surface area contributed by atoms with E-state index in [0.717, 1.165) is 48.9 Å². The minimum atomic E-state index is -0.361. The molecule has 2 fully saturated rings. The number of esters is 1. The van der Waals surface area contributed by atoms with Gasteiger partial charge in [-0.1, -0.05) is 43.7 Å². The van der Waals surface area contributed by atoms with E-state index in [1.165, 1.54) is 0 Å². The van der Waals surface area contributed by atoms with E-state index in [1.54, 1.807) is 0 Å². The Bertz CT molecular complexity index is 885. The zero-order chi connectivity index (χ0) is 20.8. The van der Waals surface area contributed by atoms with Crippen LogP contribution in [0.3, 0.4) is 0 Å². The van der Waals surface area contributed by atoms with Crippen molar-refractivity contribution in [3.8, 4) is 0 Å². The lowest BCUT2D eigenvalue weighted by Gasteiger charge is -2.41. The third-order valence-corrected chi connectivity index (χ3v) is 6.60. The van der Waals surface area contributed by atoms with Gasteiger partial charge < -0.3 is 4.74 Å². The van der Waals surface area contributed by atoms with Gasteiger partial charge in [-0.05, 0) is 56.9 Å². The van der Waals surface area contributed by atoms with Crippen molar-refractivity contribution in [3.05, 3.63) is 46.7 Å². The summed E-state index contributed by atoms with van der Waals surface area (Å²) in [5, 5.41) is 0. The highest BCUT2D eigenvalue weighted by atomic mass is 16.5. The number of aryl methyl sites for hydroxylation is 1. The highest BCUT2D eigenvalue weighted by molar-refractivity contribution is 6.12. The summed E-state index contributed by atoms with van der Waals surface area (Å²) in [7, 11) is 0. The first-order valence-electron chi connectivity index (χ1n) is 10.8. The highest BCUT2D eigenvalue weighted by Crippen LogP contribution is 2.47. The first kappa shape index (κ1) is 20.1. The molecule has 0 radical (unpaired) electrons. The number of fused-ring (bicyclic) bond motifs is 1. The molecule has 0 bridgehead atoms. The molecule has 1 aliphatic heterocycles. The van der Waals surface area contributed by atoms with E-state index in [1.807, 2.05) is 38.1 Å². The summed E-state index contributed by atoms with van der Waals surface area (Å²) in [5.41, 5.74) is 4.26. The van der Waals surface area contributed by atoms with Crippen LogP contribution in [-0.2, 0) is 14.3 Å². The van der Waals surface area contributed by atoms with Crippen LogP contribution in [0.1, 0.15) is 76.3 Å². The molecule has 4 heteroatoms. The second-order valence-electron chi connectivity index (χ2n) is 9.76. The van der Waals surface area contributed by atoms with Crippen molar-refractivity contribution in [2.45, 2.75) is 78.2 Å². The van der Waals surface area contributed by atoms with E-state index in [4.69, 9.17) is 9.73 Å². The smallest absolute Gasteiger partial charge is 0.336 e. The van der Waals surface area contributed by atoms with Crippen LogP contribution >= 0.6 is 0 Å². The molecule has 2 saturated carbocycles. The van der Waals surface area contributed by atoms with Crippen molar-refractivity contribution < 1.29 is 14.3 Å². The summed E-state index contributed by atoms with van der Waals surface area (Å²) in [6.45, 7) is 8.17. The van der Waals surface area contributed by atoms with Crippen molar-refractivity contribution in [1.82, 2.24) is 0 Å². The largest absolute Gasteiger partial charge is 0.459 e. The summed E-state index contributed by atoms with van der Waals surface area (Å²) < 4.78 is 5.88. The Morgan fingerprint density at radius 2 is 1.69 bits per heavy atom. The first-order chi connectivity index (χ1) is 13.7. The Hall–Kier alpha value is -2.23. The van der Waals surface area contributed by atoms with Crippen LogP contribution in [0.2, 0.25) is 0 Å². The maximum atomic E-state index is 13.3. The van der Waals surface area contributed by atoms with Crippen molar-refractivity contribution in [2.75, 3.05) is 0 Å². The number of rotatable bonds is 3. The summed E-state index contributed by atoms with van der Waals surface area (Å²) in [6.07, 6.45) is 5.37. The van der Waals surface area contributed by atoms with Crippen LogP contribution in [0.4, 0.5) is 0 Å². The predicted molar refractivity (Wildman–Crippen MR) is 114 cm³/mol. The number of hydrogen-bond acceptors (Lipinski definition) is 4. The maximum Gasteiger partial charge on any atom is 0.336 e.